The molecule has 29 heavy (non-hydrogen) atoms. The smallest absolute Gasteiger partial charge is 0.227 e. The van der Waals surface area contributed by atoms with Crippen LogP contribution < -0.4 is 0 Å². The zero-order chi connectivity index (χ0) is 20.9. The predicted octanol–water partition coefficient (Wildman–Crippen LogP) is 3.06. The van der Waals surface area contributed by atoms with E-state index in [4.69, 9.17) is 9.26 Å². The maximum Gasteiger partial charge on any atom is 0.227 e. The van der Waals surface area contributed by atoms with Crippen molar-refractivity contribution in [2.45, 2.75) is 63.3 Å². The molecule has 1 saturated carbocycles. The van der Waals surface area contributed by atoms with Crippen molar-refractivity contribution in [1.29, 1.82) is 0 Å². The Labute approximate surface area is 173 Å². The van der Waals surface area contributed by atoms with Crippen LogP contribution in [0.2, 0.25) is 0 Å². The third kappa shape index (κ3) is 5.46. The van der Waals surface area contributed by atoms with Crippen molar-refractivity contribution >= 4 is 9.84 Å². The Balaban J connectivity index is 1.80. The Morgan fingerprint density at radius 3 is 2.76 bits per heavy atom. The van der Waals surface area contributed by atoms with Gasteiger partial charge in [0.2, 0.25) is 15.0 Å². The first-order valence-electron chi connectivity index (χ1n) is 10.3. The largest absolute Gasteiger partial charge is 0.383 e. The Morgan fingerprint density at radius 2 is 2.10 bits per heavy atom. The molecule has 1 aliphatic rings. The lowest BCUT2D eigenvalue weighted by Gasteiger charge is -2.24. The normalized spacial score (nSPS) is 17.1. The van der Waals surface area contributed by atoms with Gasteiger partial charge in [-0.25, -0.2) is 13.4 Å². The van der Waals surface area contributed by atoms with Crippen LogP contribution in [0.3, 0.4) is 0 Å². The summed E-state index contributed by atoms with van der Waals surface area (Å²) < 4.78 is 38.3. The molecule has 3 rings (SSSR count). The molecule has 9 heteroatoms. The summed E-state index contributed by atoms with van der Waals surface area (Å²) in [6.07, 6.45) is 8.65. The molecule has 1 atom stereocenters. The minimum absolute atomic E-state index is 0.0295. The van der Waals surface area contributed by atoms with Crippen LogP contribution in [0.4, 0.5) is 0 Å². The fourth-order valence-electron chi connectivity index (χ4n) is 3.98. The number of hydrogen-bond acceptors (Lipinski definition) is 7. The first-order valence-corrected chi connectivity index (χ1v) is 11.9. The van der Waals surface area contributed by atoms with Gasteiger partial charge in [0.1, 0.15) is 12.0 Å². The Bertz CT molecular complexity index is 857. The molecule has 0 unspecified atom stereocenters. The maximum atomic E-state index is 13.1. The van der Waals surface area contributed by atoms with E-state index in [1.165, 1.54) is 6.42 Å². The summed E-state index contributed by atoms with van der Waals surface area (Å²) in [7, 11) is 0.143. The second kappa shape index (κ2) is 9.86. The molecule has 1 aliphatic carbocycles. The molecule has 0 radical (unpaired) electrons. The fourth-order valence-corrected chi connectivity index (χ4v) is 5.84. The average Bonchev–Trinajstić information content (AvgIpc) is 3.36. The standard InChI is InChI=1S/C20H32N4O4S/c1-16(19-9-11-28-22-19)23(2)14-18-13-21-20(24(18)10-12-27-3)29(25,26)15-17-7-5-4-6-8-17/h9,11,13,16-17H,4-8,10,12,14-15H2,1-3H3/t16-/m1/s1. The van der Waals surface area contributed by atoms with E-state index in [1.54, 1.807) is 24.1 Å². The quantitative estimate of drug-likeness (QED) is 0.579. The lowest BCUT2D eigenvalue weighted by molar-refractivity contribution is 0.180. The monoisotopic (exact) mass is 424 g/mol. The van der Waals surface area contributed by atoms with Crippen LogP contribution in [0.15, 0.2) is 28.2 Å². The highest BCUT2D eigenvalue weighted by molar-refractivity contribution is 7.91. The van der Waals surface area contributed by atoms with Gasteiger partial charge in [-0.2, -0.15) is 0 Å². The van der Waals surface area contributed by atoms with Crippen molar-refractivity contribution in [1.82, 2.24) is 19.6 Å². The van der Waals surface area contributed by atoms with E-state index in [2.05, 4.69) is 15.0 Å². The highest BCUT2D eigenvalue weighted by Gasteiger charge is 2.28. The summed E-state index contributed by atoms with van der Waals surface area (Å²) in [5.41, 5.74) is 1.68. The van der Waals surface area contributed by atoms with Crippen molar-refractivity contribution < 1.29 is 17.7 Å². The summed E-state index contributed by atoms with van der Waals surface area (Å²) >= 11 is 0. The number of aromatic nitrogens is 3. The first-order chi connectivity index (χ1) is 13.9. The minimum Gasteiger partial charge on any atom is -0.383 e. The molecule has 2 aromatic heterocycles. The topological polar surface area (TPSA) is 90.5 Å². The van der Waals surface area contributed by atoms with Crippen LogP contribution >= 0.6 is 0 Å². The van der Waals surface area contributed by atoms with Crippen molar-refractivity contribution in [2.75, 3.05) is 26.5 Å². The zero-order valence-corrected chi connectivity index (χ0v) is 18.4. The average molecular weight is 425 g/mol. The summed E-state index contributed by atoms with van der Waals surface area (Å²) in [5, 5.41) is 4.17. The molecular formula is C20H32N4O4S. The fraction of sp³-hybridized carbons (Fsp3) is 0.700. The second-order valence-corrected chi connectivity index (χ2v) is 9.91. The van der Waals surface area contributed by atoms with E-state index >= 15 is 0 Å². The van der Waals surface area contributed by atoms with Crippen molar-refractivity contribution in [3.8, 4) is 0 Å². The summed E-state index contributed by atoms with van der Waals surface area (Å²) in [6.45, 7) is 3.47. The second-order valence-electron chi connectivity index (χ2n) is 7.98. The van der Waals surface area contributed by atoms with E-state index in [-0.39, 0.29) is 22.9 Å². The molecule has 162 valence electrons. The third-order valence-corrected chi connectivity index (χ3v) is 7.63. The van der Waals surface area contributed by atoms with Crippen molar-refractivity contribution in [3.63, 3.8) is 0 Å². The summed E-state index contributed by atoms with van der Waals surface area (Å²) in [5.74, 6) is 0.418. The Hall–Kier alpha value is -1.71. The number of nitrogens with zero attached hydrogens (tertiary/aromatic N) is 4. The molecule has 0 aromatic carbocycles. The van der Waals surface area contributed by atoms with Crippen LogP contribution in [0, 0.1) is 5.92 Å². The maximum absolute atomic E-state index is 13.1. The van der Waals surface area contributed by atoms with Gasteiger partial charge in [0.15, 0.2) is 0 Å². The van der Waals surface area contributed by atoms with E-state index in [0.29, 0.717) is 19.7 Å². The molecular weight excluding hydrogens is 392 g/mol. The van der Waals surface area contributed by atoms with Crippen LogP contribution in [-0.4, -0.2) is 54.5 Å². The van der Waals surface area contributed by atoms with Crippen molar-refractivity contribution in [2.24, 2.45) is 5.92 Å². The van der Waals surface area contributed by atoms with Crippen LogP contribution in [0.25, 0.3) is 0 Å². The van der Waals surface area contributed by atoms with Crippen molar-refractivity contribution in [3.05, 3.63) is 29.9 Å². The Morgan fingerprint density at radius 1 is 1.34 bits per heavy atom. The van der Waals surface area contributed by atoms with Gasteiger partial charge < -0.3 is 13.8 Å². The lowest BCUT2D eigenvalue weighted by Crippen LogP contribution is -2.26. The van der Waals surface area contributed by atoms with E-state index in [0.717, 1.165) is 37.1 Å². The molecule has 0 aliphatic heterocycles. The molecule has 8 nitrogen and oxygen atoms in total. The van der Waals surface area contributed by atoms with Crippen LogP contribution in [0.5, 0.6) is 0 Å². The summed E-state index contributed by atoms with van der Waals surface area (Å²) in [6, 6.07) is 1.87. The number of methoxy groups -OCH3 is 1. The van der Waals surface area contributed by atoms with E-state index < -0.39 is 9.84 Å². The molecule has 0 spiro atoms. The van der Waals surface area contributed by atoms with Gasteiger partial charge in [0, 0.05) is 26.3 Å². The van der Waals surface area contributed by atoms with Gasteiger partial charge in [-0.1, -0.05) is 24.4 Å². The molecule has 1 fully saturated rings. The van der Waals surface area contributed by atoms with Crippen LogP contribution in [-0.2, 0) is 27.7 Å². The van der Waals surface area contributed by atoms with E-state index in [9.17, 15) is 8.42 Å². The zero-order valence-electron chi connectivity index (χ0n) is 17.6. The SMILES string of the molecule is COCCn1c(CN(C)[C@H](C)c2ccon2)cnc1S(=O)(=O)CC1CCCCC1. The number of ether oxygens (including phenoxy) is 1. The lowest BCUT2D eigenvalue weighted by atomic mass is 9.91. The number of imidazole rings is 1. The minimum atomic E-state index is -3.45. The first kappa shape index (κ1) is 22.0. The number of rotatable bonds is 10. The van der Waals surface area contributed by atoms with Gasteiger partial charge in [-0.3, -0.25) is 4.90 Å². The van der Waals surface area contributed by atoms with E-state index in [1.807, 2.05) is 20.0 Å². The highest BCUT2D eigenvalue weighted by Crippen LogP contribution is 2.27. The molecule has 0 saturated heterocycles. The third-order valence-electron chi connectivity index (χ3n) is 5.84. The van der Waals surface area contributed by atoms with Gasteiger partial charge in [-0.15, -0.1) is 0 Å². The number of hydrogen-bond donors (Lipinski definition) is 0. The highest BCUT2D eigenvalue weighted by atomic mass is 32.2. The van der Waals surface area contributed by atoms with Gasteiger partial charge in [-0.05, 0) is 32.7 Å². The Kier molecular flexibility index (Phi) is 7.48. The molecule has 0 bridgehead atoms. The molecule has 2 heterocycles. The van der Waals surface area contributed by atoms with Gasteiger partial charge in [0.05, 0.1) is 30.3 Å². The molecule has 0 N–H and O–H groups in total. The molecule has 0 amide bonds. The molecule has 2 aromatic rings. The number of sulfone groups is 1. The van der Waals surface area contributed by atoms with Gasteiger partial charge in [0.25, 0.3) is 0 Å². The predicted molar refractivity (Wildman–Crippen MR) is 109 cm³/mol. The van der Waals surface area contributed by atoms with Crippen LogP contribution in [0.1, 0.15) is 56.5 Å². The van der Waals surface area contributed by atoms with Gasteiger partial charge >= 0.3 is 0 Å². The summed E-state index contributed by atoms with van der Waals surface area (Å²) in [4.78, 5) is 6.43.